The number of hydrogen-bond acceptors (Lipinski definition) is 5. The fourth-order valence-corrected chi connectivity index (χ4v) is 2.71. The molecule has 0 aliphatic rings. The van der Waals surface area contributed by atoms with Gasteiger partial charge in [0.1, 0.15) is 11.5 Å². The Labute approximate surface area is 142 Å². The average molecular weight is 348 g/mol. The maximum atomic E-state index is 12.1. The van der Waals surface area contributed by atoms with E-state index in [2.05, 4.69) is 9.93 Å². The van der Waals surface area contributed by atoms with E-state index in [0.29, 0.717) is 19.0 Å². The zero-order chi connectivity index (χ0) is 17.4. The Morgan fingerprint density at radius 3 is 1.92 bits per heavy atom. The van der Waals surface area contributed by atoms with E-state index >= 15 is 0 Å². The van der Waals surface area contributed by atoms with Crippen molar-refractivity contribution in [2.75, 3.05) is 13.2 Å². The lowest BCUT2D eigenvalue weighted by Crippen LogP contribution is -2.18. The number of sulfonamides is 1. The first-order valence-corrected chi connectivity index (χ1v) is 9.04. The summed E-state index contributed by atoms with van der Waals surface area (Å²) in [5, 5.41) is 3.79. The molecule has 0 aromatic heterocycles. The molecule has 0 aliphatic heterocycles. The van der Waals surface area contributed by atoms with Gasteiger partial charge >= 0.3 is 0 Å². The van der Waals surface area contributed by atoms with Crippen molar-refractivity contribution in [3.05, 3.63) is 54.1 Å². The van der Waals surface area contributed by atoms with Crippen molar-refractivity contribution in [3.8, 4) is 11.5 Å². The summed E-state index contributed by atoms with van der Waals surface area (Å²) in [6.45, 7) is 4.89. The van der Waals surface area contributed by atoms with Crippen LogP contribution in [0.4, 0.5) is 0 Å². The Bertz CT molecular complexity index is 769. The Hall–Kier alpha value is -2.54. The van der Waals surface area contributed by atoms with Gasteiger partial charge in [0, 0.05) is 0 Å². The summed E-state index contributed by atoms with van der Waals surface area (Å²) in [6.07, 6.45) is 1.43. The molecule has 0 unspecified atom stereocenters. The summed E-state index contributed by atoms with van der Waals surface area (Å²) in [5.41, 5.74) is 0.757. The van der Waals surface area contributed by atoms with Gasteiger partial charge in [0.15, 0.2) is 0 Å². The zero-order valence-corrected chi connectivity index (χ0v) is 14.4. The smallest absolute Gasteiger partial charge is 0.276 e. The Morgan fingerprint density at radius 2 is 1.42 bits per heavy atom. The molecule has 0 bridgehead atoms. The van der Waals surface area contributed by atoms with E-state index in [9.17, 15) is 8.42 Å². The molecule has 6 nitrogen and oxygen atoms in total. The van der Waals surface area contributed by atoms with E-state index in [0.717, 1.165) is 11.3 Å². The number of hydrogen-bond donors (Lipinski definition) is 1. The molecular weight excluding hydrogens is 328 g/mol. The molecule has 0 heterocycles. The van der Waals surface area contributed by atoms with Crippen molar-refractivity contribution >= 4 is 16.2 Å². The molecule has 0 amide bonds. The lowest BCUT2D eigenvalue weighted by atomic mass is 10.2. The molecule has 0 aliphatic carbocycles. The summed E-state index contributed by atoms with van der Waals surface area (Å²) in [4.78, 5) is 2.30. The van der Waals surface area contributed by atoms with Crippen LogP contribution in [0.5, 0.6) is 11.5 Å². The monoisotopic (exact) mass is 348 g/mol. The maximum Gasteiger partial charge on any atom is 0.276 e. The number of hydrazone groups is 1. The fourth-order valence-electron chi connectivity index (χ4n) is 1.92. The first-order valence-electron chi connectivity index (χ1n) is 7.55. The molecule has 0 fully saturated rings. The third-order valence-electron chi connectivity index (χ3n) is 3.02. The van der Waals surface area contributed by atoms with Crippen molar-refractivity contribution in [2.45, 2.75) is 18.7 Å². The molecule has 7 heteroatoms. The van der Waals surface area contributed by atoms with Crippen molar-refractivity contribution in [1.29, 1.82) is 0 Å². The van der Waals surface area contributed by atoms with Gasteiger partial charge in [-0.2, -0.15) is 13.5 Å². The molecule has 0 atom stereocenters. The van der Waals surface area contributed by atoms with Gasteiger partial charge in [-0.1, -0.05) is 0 Å². The minimum atomic E-state index is -3.71. The third-order valence-corrected chi connectivity index (χ3v) is 4.26. The van der Waals surface area contributed by atoms with Crippen LogP contribution in [0.1, 0.15) is 19.4 Å². The predicted octanol–water partition coefficient (Wildman–Crippen LogP) is 2.80. The van der Waals surface area contributed by atoms with Crippen LogP contribution >= 0.6 is 0 Å². The van der Waals surface area contributed by atoms with Crippen LogP contribution in [0.2, 0.25) is 0 Å². The van der Waals surface area contributed by atoms with Gasteiger partial charge in [-0.05, 0) is 67.9 Å². The van der Waals surface area contributed by atoms with Gasteiger partial charge in [-0.3, -0.25) is 0 Å². The molecule has 2 aromatic rings. The molecule has 2 rings (SSSR count). The van der Waals surface area contributed by atoms with Crippen molar-refractivity contribution in [1.82, 2.24) is 4.83 Å². The summed E-state index contributed by atoms with van der Waals surface area (Å²) in [5.74, 6) is 1.37. The average Bonchev–Trinajstić information content (AvgIpc) is 2.57. The SMILES string of the molecule is CCOc1ccc(/C=N/NS(=O)(=O)c2ccc(OCC)cc2)cc1. The normalized spacial score (nSPS) is 11.4. The van der Waals surface area contributed by atoms with E-state index in [4.69, 9.17) is 9.47 Å². The van der Waals surface area contributed by atoms with Crippen LogP contribution in [0.25, 0.3) is 0 Å². The molecule has 0 radical (unpaired) electrons. The molecule has 0 spiro atoms. The number of benzene rings is 2. The van der Waals surface area contributed by atoms with E-state index in [1.165, 1.54) is 18.3 Å². The number of nitrogens with zero attached hydrogens (tertiary/aromatic N) is 1. The van der Waals surface area contributed by atoms with Crippen LogP contribution in [0, 0.1) is 0 Å². The predicted molar refractivity (Wildman–Crippen MR) is 93.1 cm³/mol. The van der Waals surface area contributed by atoms with Crippen LogP contribution < -0.4 is 14.3 Å². The maximum absolute atomic E-state index is 12.1. The first kappa shape index (κ1) is 17.8. The quantitative estimate of drug-likeness (QED) is 0.588. The summed E-state index contributed by atoms with van der Waals surface area (Å²) in [7, 11) is -3.71. The Morgan fingerprint density at radius 1 is 0.917 bits per heavy atom. The van der Waals surface area contributed by atoms with E-state index in [1.807, 2.05) is 13.8 Å². The number of ether oxygens (including phenoxy) is 2. The summed E-state index contributed by atoms with van der Waals surface area (Å²) < 4.78 is 34.9. The van der Waals surface area contributed by atoms with Gasteiger partial charge in [-0.25, -0.2) is 4.83 Å². The highest BCUT2D eigenvalue weighted by Crippen LogP contribution is 2.16. The zero-order valence-electron chi connectivity index (χ0n) is 13.6. The van der Waals surface area contributed by atoms with Crippen molar-refractivity contribution < 1.29 is 17.9 Å². The third kappa shape index (κ3) is 4.99. The van der Waals surface area contributed by atoms with Crippen molar-refractivity contribution in [3.63, 3.8) is 0 Å². The van der Waals surface area contributed by atoms with Crippen LogP contribution in [-0.2, 0) is 10.0 Å². The highest BCUT2D eigenvalue weighted by Gasteiger charge is 2.12. The minimum absolute atomic E-state index is 0.120. The molecule has 24 heavy (non-hydrogen) atoms. The van der Waals surface area contributed by atoms with E-state index in [1.54, 1.807) is 36.4 Å². The van der Waals surface area contributed by atoms with Gasteiger partial charge < -0.3 is 9.47 Å². The number of rotatable bonds is 8. The largest absolute Gasteiger partial charge is 0.494 e. The number of nitrogens with one attached hydrogen (secondary N) is 1. The second-order valence-corrected chi connectivity index (χ2v) is 6.42. The first-order chi connectivity index (χ1) is 11.5. The lowest BCUT2D eigenvalue weighted by molar-refractivity contribution is 0.340. The van der Waals surface area contributed by atoms with Crippen LogP contribution in [0.3, 0.4) is 0 Å². The van der Waals surface area contributed by atoms with Crippen LogP contribution in [-0.4, -0.2) is 27.8 Å². The molecule has 0 saturated heterocycles. The van der Waals surface area contributed by atoms with Gasteiger partial charge in [0.05, 0.1) is 24.3 Å². The highest BCUT2D eigenvalue weighted by molar-refractivity contribution is 7.89. The summed E-state index contributed by atoms with van der Waals surface area (Å²) >= 11 is 0. The topological polar surface area (TPSA) is 77.0 Å². The fraction of sp³-hybridized carbons (Fsp3) is 0.235. The van der Waals surface area contributed by atoms with Crippen molar-refractivity contribution in [2.24, 2.45) is 5.10 Å². The minimum Gasteiger partial charge on any atom is -0.494 e. The highest BCUT2D eigenvalue weighted by atomic mass is 32.2. The van der Waals surface area contributed by atoms with Crippen LogP contribution in [0.15, 0.2) is 58.5 Å². The molecular formula is C17H20N2O4S. The molecule has 128 valence electrons. The van der Waals surface area contributed by atoms with Gasteiger partial charge in [-0.15, -0.1) is 0 Å². The van der Waals surface area contributed by atoms with E-state index < -0.39 is 10.0 Å². The lowest BCUT2D eigenvalue weighted by Gasteiger charge is -2.06. The molecule has 1 N–H and O–H groups in total. The molecule has 0 saturated carbocycles. The Balaban J connectivity index is 2.00. The second kappa shape index (κ2) is 8.35. The Kier molecular flexibility index (Phi) is 6.20. The van der Waals surface area contributed by atoms with Gasteiger partial charge in [0.2, 0.25) is 0 Å². The summed E-state index contributed by atoms with van der Waals surface area (Å²) in [6, 6.07) is 13.3. The van der Waals surface area contributed by atoms with E-state index in [-0.39, 0.29) is 4.90 Å². The standard InChI is InChI=1S/C17H20N2O4S/c1-3-22-15-7-5-14(6-8-15)13-18-19-24(20,21)17-11-9-16(10-12-17)23-4-2/h5-13,19H,3-4H2,1-2H3/b18-13+. The molecule has 2 aromatic carbocycles. The van der Waals surface area contributed by atoms with Gasteiger partial charge in [0.25, 0.3) is 10.0 Å². The second-order valence-electron chi connectivity index (χ2n) is 4.76.